The molecule has 7 heteroatoms. The zero-order valence-corrected chi connectivity index (χ0v) is 13.8. The maximum absolute atomic E-state index is 12.5. The standard InChI is InChI=1S/C15H19ClN2O3S/c16-13-5-1-4-12(10-13)14-6-2-8-18(14)15(19)11-17-7-3-9-22(17,20)21/h1,4-5,10,14H,2-3,6-9,11H2/t14-/m0/s1. The third-order valence-electron chi connectivity index (χ3n) is 4.32. The molecule has 2 heterocycles. The number of likely N-dealkylation sites (tertiary alicyclic amines) is 1. The van der Waals surface area contributed by atoms with Crippen molar-refractivity contribution in [3.8, 4) is 0 Å². The number of amides is 1. The van der Waals surface area contributed by atoms with E-state index in [1.165, 1.54) is 4.31 Å². The van der Waals surface area contributed by atoms with E-state index in [1.807, 2.05) is 24.3 Å². The lowest BCUT2D eigenvalue weighted by Crippen LogP contribution is -2.40. The smallest absolute Gasteiger partial charge is 0.238 e. The van der Waals surface area contributed by atoms with Crippen LogP contribution in [0.2, 0.25) is 5.02 Å². The monoisotopic (exact) mass is 342 g/mol. The largest absolute Gasteiger partial charge is 0.335 e. The van der Waals surface area contributed by atoms with E-state index >= 15 is 0 Å². The van der Waals surface area contributed by atoms with Gasteiger partial charge in [-0.3, -0.25) is 4.79 Å². The van der Waals surface area contributed by atoms with Gasteiger partial charge >= 0.3 is 0 Å². The van der Waals surface area contributed by atoms with E-state index in [4.69, 9.17) is 11.6 Å². The molecule has 1 atom stereocenters. The number of benzene rings is 1. The Morgan fingerprint density at radius 3 is 2.77 bits per heavy atom. The van der Waals surface area contributed by atoms with Gasteiger partial charge in [-0.05, 0) is 37.0 Å². The predicted molar refractivity (Wildman–Crippen MR) is 85.1 cm³/mol. The second-order valence-electron chi connectivity index (χ2n) is 5.80. The van der Waals surface area contributed by atoms with Gasteiger partial charge in [-0.2, -0.15) is 4.31 Å². The normalized spacial score (nSPS) is 24.8. The third kappa shape index (κ3) is 3.14. The van der Waals surface area contributed by atoms with Gasteiger partial charge in [0.15, 0.2) is 0 Å². The highest BCUT2D eigenvalue weighted by Gasteiger charge is 2.35. The molecule has 1 aromatic carbocycles. The zero-order valence-electron chi connectivity index (χ0n) is 12.2. The number of carbonyl (C=O) groups is 1. The van der Waals surface area contributed by atoms with E-state index in [2.05, 4.69) is 0 Å². The molecule has 0 bridgehead atoms. The fourth-order valence-corrected chi connectivity index (χ4v) is 4.90. The molecule has 0 aliphatic carbocycles. The minimum atomic E-state index is -3.24. The number of sulfonamides is 1. The van der Waals surface area contributed by atoms with Crippen molar-refractivity contribution in [3.63, 3.8) is 0 Å². The van der Waals surface area contributed by atoms with E-state index in [1.54, 1.807) is 4.90 Å². The molecule has 0 saturated carbocycles. The molecule has 0 radical (unpaired) electrons. The van der Waals surface area contributed by atoms with Crippen molar-refractivity contribution in [2.24, 2.45) is 0 Å². The van der Waals surface area contributed by atoms with Gasteiger partial charge in [-0.25, -0.2) is 8.42 Å². The molecule has 120 valence electrons. The van der Waals surface area contributed by atoms with Crippen LogP contribution in [0.5, 0.6) is 0 Å². The van der Waals surface area contributed by atoms with Crippen molar-refractivity contribution in [3.05, 3.63) is 34.9 Å². The predicted octanol–water partition coefficient (Wildman–Crippen LogP) is 2.04. The molecule has 2 saturated heterocycles. The lowest BCUT2D eigenvalue weighted by molar-refractivity contribution is -0.132. The first-order chi connectivity index (χ1) is 10.5. The summed E-state index contributed by atoms with van der Waals surface area (Å²) < 4.78 is 25.0. The van der Waals surface area contributed by atoms with Gasteiger partial charge in [0.1, 0.15) is 0 Å². The first kappa shape index (κ1) is 15.8. The van der Waals surface area contributed by atoms with Crippen molar-refractivity contribution >= 4 is 27.5 Å². The number of hydrogen-bond donors (Lipinski definition) is 0. The summed E-state index contributed by atoms with van der Waals surface area (Å²) in [4.78, 5) is 14.3. The number of rotatable bonds is 3. The number of hydrogen-bond acceptors (Lipinski definition) is 3. The van der Waals surface area contributed by atoms with E-state index in [0.29, 0.717) is 24.5 Å². The van der Waals surface area contributed by atoms with Gasteiger partial charge in [0.05, 0.1) is 18.3 Å². The SMILES string of the molecule is O=C(CN1CCCS1(=O)=O)N1CCC[C@H]1c1cccc(Cl)c1. The maximum Gasteiger partial charge on any atom is 0.238 e. The van der Waals surface area contributed by atoms with Crippen LogP contribution in [-0.2, 0) is 14.8 Å². The summed E-state index contributed by atoms with van der Waals surface area (Å²) in [6.45, 7) is 1.08. The molecule has 0 spiro atoms. The molecular weight excluding hydrogens is 324 g/mol. The van der Waals surface area contributed by atoms with Crippen LogP contribution in [0.25, 0.3) is 0 Å². The van der Waals surface area contributed by atoms with Crippen LogP contribution >= 0.6 is 11.6 Å². The van der Waals surface area contributed by atoms with Crippen LogP contribution in [0.3, 0.4) is 0 Å². The molecule has 3 rings (SSSR count). The maximum atomic E-state index is 12.5. The van der Waals surface area contributed by atoms with E-state index < -0.39 is 10.0 Å². The van der Waals surface area contributed by atoms with Crippen molar-refractivity contribution in [1.29, 1.82) is 0 Å². The summed E-state index contributed by atoms with van der Waals surface area (Å²) >= 11 is 6.03. The molecule has 0 N–H and O–H groups in total. The Kier molecular flexibility index (Phi) is 4.43. The number of halogens is 1. The van der Waals surface area contributed by atoms with Gasteiger partial charge in [-0.15, -0.1) is 0 Å². The summed E-state index contributed by atoms with van der Waals surface area (Å²) in [5.41, 5.74) is 1.02. The molecule has 2 aliphatic rings. The minimum Gasteiger partial charge on any atom is -0.335 e. The molecule has 22 heavy (non-hydrogen) atoms. The van der Waals surface area contributed by atoms with Gasteiger partial charge < -0.3 is 4.90 Å². The van der Waals surface area contributed by atoms with Crippen molar-refractivity contribution < 1.29 is 13.2 Å². The molecule has 5 nitrogen and oxygen atoms in total. The summed E-state index contributed by atoms with van der Waals surface area (Å²) in [6, 6.07) is 7.53. The van der Waals surface area contributed by atoms with Gasteiger partial charge in [-0.1, -0.05) is 23.7 Å². The second-order valence-corrected chi connectivity index (χ2v) is 8.33. The van der Waals surface area contributed by atoms with E-state index in [0.717, 1.165) is 18.4 Å². The molecule has 1 aromatic rings. The summed E-state index contributed by atoms with van der Waals surface area (Å²) in [5.74, 6) is 0.0332. The van der Waals surface area contributed by atoms with Crippen LogP contribution in [0.4, 0.5) is 0 Å². The van der Waals surface area contributed by atoms with Gasteiger partial charge in [0, 0.05) is 18.1 Å². The fourth-order valence-electron chi connectivity index (χ4n) is 3.24. The highest BCUT2D eigenvalue weighted by Crippen LogP contribution is 2.33. The second kappa shape index (κ2) is 6.18. The molecule has 0 aromatic heterocycles. The first-order valence-corrected chi connectivity index (χ1v) is 9.49. The molecule has 0 unspecified atom stereocenters. The van der Waals surface area contributed by atoms with Crippen LogP contribution in [0, 0.1) is 0 Å². The number of carbonyl (C=O) groups excluding carboxylic acids is 1. The Bertz CT molecular complexity index is 677. The Balaban J connectivity index is 1.74. The quantitative estimate of drug-likeness (QED) is 0.844. The van der Waals surface area contributed by atoms with Crippen LogP contribution in [-0.4, -0.2) is 48.9 Å². The number of nitrogens with zero attached hydrogens (tertiary/aromatic N) is 2. The lowest BCUT2D eigenvalue weighted by Gasteiger charge is -2.27. The fraction of sp³-hybridized carbons (Fsp3) is 0.533. The Labute approximate surface area is 135 Å². The Morgan fingerprint density at radius 1 is 1.27 bits per heavy atom. The Hall–Kier alpha value is -1.11. The van der Waals surface area contributed by atoms with Gasteiger partial charge in [0.2, 0.25) is 15.9 Å². The van der Waals surface area contributed by atoms with Crippen molar-refractivity contribution in [2.45, 2.75) is 25.3 Å². The first-order valence-electron chi connectivity index (χ1n) is 7.50. The summed E-state index contributed by atoms with van der Waals surface area (Å²) in [6.07, 6.45) is 2.42. The van der Waals surface area contributed by atoms with Crippen LogP contribution in [0.15, 0.2) is 24.3 Å². The van der Waals surface area contributed by atoms with Crippen molar-refractivity contribution in [1.82, 2.24) is 9.21 Å². The van der Waals surface area contributed by atoms with Crippen molar-refractivity contribution in [2.75, 3.05) is 25.4 Å². The summed E-state index contributed by atoms with van der Waals surface area (Å²) in [5, 5.41) is 0.652. The van der Waals surface area contributed by atoms with Gasteiger partial charge in [0.25, 0.3) is 0 Å². The average Bonchev–Trinajstić information content (AvgIpc) is 3.06. The highest BCUT2D eigenvalue weighted by atomic mass is 35.5. The molecule has 1 amide bonds. The summed E-state index contributed by atoms with van der Waals surface area (Å²) in [7, 11) is -3.24. The molecule has 2 fully saturated rings. The minimum absolute atomic E-state index is 0.00323. The molecular formula is C15H19ClN2O3S. The highest BCUT2D eigenvalue weighted by molar-refractivity contribution is 7.89. The topological polar surface area (TPSA) is 57.7 Å². The van der Waals surface area contributed by atoms with Crippen LogP contribution in [0.1, 0.15) is 30.9 Å². The van der Waals surface area contributed by atoms with E-state index in [-0.39, 0.29) is 24.2 Å². The average molecular weight is 343 g/mol. The molecule has 2 aliphatic heterocycles. The Morgan fingerprint density at radius 2 is 2.09 bits per heavy atom. The van der Waals surface area contributed by atoms with Crippen LogP contribution < -0.4 is 0 Å². The van der Waals surface area contributed by atoms with E-state index in [9.17, 15) is 13.2 Å². The zero-order chi connectivity index (χ0) is 15.7. The third-order valence-corrected chi connectivity index (χ3v) is 6.46. The lowest BCUT2D eigenvalue weighted by atomic mass is 10.0.